The monoisotopic (exact) mass is 277 g/mol. The molecule has 1 saturated heterocycles. The van der Waals surface area contributed by atoms with Crippen molar-refractivity contribution in [3.05, 3.63) is 35.4 Å². The fourth-order valence-electron chi connectivity index (χ4n) is 2.45. The van der Waals surface area contributed by atoms with Crippen LogP contribution < -0.4 is 0 Å². The molecule has 0 saturated carbocycles. The largest absolute Gasteiger partial charge is 0.478 e. The number of amides is 1. The summed E-state index contributed by atoms with van der Waals surface area (Å²) in [5.74, 6) is -0.981. The van der Waals surface area contributed by atoms with Crippen LogP contribution in [0.25, 0.3) is 0 Å². The van der Waals surface area contributed by atoms with Gasteiger partial charge in [-0.1, -0.05) is 12.1 Å². The summed E-state index contributed by atoms with van der Waals surface area (Å²) in [6, 6.07) is 6.55. The van der Waals surface area contributed by atoms with Crippen LogP contribution in [-0.2, 0) is 16.1 Å². The van der Waals surface area contributed by atoms with Crippen molar-refractivity contribution in [3.8, 4) is 0 Å². The Morgan fingerprint density at radius 1 is 1.35 bits per heavy atom. The van der Waals surface area contributed by atoms with Gasteiger partial charge in [-0.3, -0.25) is 4.79 Å². The van der Waals surface area contributed by atoms with Crippen molar-refractivity contribution in [2.45, 2.75) is 31.9 Å². The average Bonchev–Trinajstić information content (AvgIpc) is 2.86. The molecule has 5 heteroatoms. The van der Waals surface area contributed by atoms with Gasteiger partial charge in [-0.2, -0.15) is 0 Å². The predicted octanol–water partition coefficient (Wildman–Crippen LogP) is 1.91. The number of carboxylic acids is 1. The van der Waals surface area contributed by atoms with Gasteiger partial charge in [0.2, 0.25) is 0 Å². The van der Waals surface area contributed by atoms with Gasteiger partial charge in [0.25, 0.3) is 5.91 Å². The number of benzene rings is 1. The van der Waals surface area contributed by atoms with E-state index >= 15 is 0 Å². The molecule has 1 aromatic rings. The number of hydrogen-bond acceptors (Lipinski definition) is 3. The van der Waals surface area contributed by atoms with Crippen LogP contribution in [0.2, 0.25) is 0 Å². The van der Waals surface area contributed by atoms with Crippen molar-refractivity contribution in [2.24, 2.45) is 0 Å². The van der Waals surface area contributed by atoms with Gasteiger partial charge < -0.3 is 14.7 Å². The summed E-state index contributed by atoms with van der Waals surface area (Å²) < 4.78 is 5.54. The zero-order valence-corrected chi connectivity index (χ0v) is 11.8. The van der Waals surface area contributed by atoms with Gasteiger partial charge >= 0.3 is 5.97 Å². The maximum atomic E-state index is 12.4. The lowest BCUT2D eigenvalue weighted by Gasteiger charge is -2.28. The molecule has 1 unspecified atom stereocenters. The van der Waals surface area contributed by atoms with Crippen LogP contribution in [0.4, 0.5) is 0 Å². The van der Waals surface area contributed by atoms with Gasteiger partial charge in [-0.25, -0.2) is 4.79 Å². The Balaban J connectivity index is 2.02. The maximum absolute atomic E-state index is 12.4. The summed E-state index contributed by atoms with van der Waals surface area (Å²) >= 11 is 0. The maximum Gasteiger partial charge on any atom is 0.335 e. The Labute approximate surface area is 118 Å². The van der Waals surface area contributed by atoms with E-state index in [-0.39, 0.29) is 11.5 Å². The standard InChI is InChI=1S/C15H19NO4/c1-15(8-3-9-20-15)14(19)16(2)10-11-4-6-12(7-5-11)13(17)18/h4-7H,3,8-10H2,1-2H3,(H,17,18). The second kappa shape index (κ2) is 5.63. The lowest BCUT2D eigenvalue weighted by molar-refractivity contribution is -0.150. The summed E-state index contributed by atoms with van der Waals surface area (Å²) in [6.07, 6.45) is 1.65. The van der Waals surface area contributed by atoms with Crippen LogP contribution in [0.5, 0.6) is 0 Å². The highest BCUT2D eigenvalue weighted by Gasteiger charge is 2.39. The third-order valence-electron chi connectivity index (χ3n) is 3.64. The SMILES string of the molecule is CN(Cc1ccc(C(=O)O)cc1)C(=O)C1(C)CCCO1. The normalized spacial score (nSPS) is 21.7. The first-order valence-electron chi connectivity index (χ1n) is 6.64. The smallest absolute Gasteiger partial charge is 0.335 e. The molecular formula is C15H19NO4. The molecule has 20 heavy (non-hydrogen) atoms. The lowest BCUT2D eigenvalue weighted by atomic mass is 10.0. The molecule has 108 valence electrons. The fourth-order valence-corrected chi connectivity index (χ4v) is 2.45. The van der Waals surface area contributed by atoms with Crippen molar-refractivity contribution >= 4 is 11.9 Å². The van der Waals surface area contributed by atoms with E-state index in [1.54, 1.807) is 36.2 Å². The number of hydrogen-bond donors (Lipinski definition) is 1. The summed E-state index contributed by atoms with van der Waals surface area (Å²) in [6.45, 7) is 2.90. The van der Waals surface area contributed by atoms with Gasteiger partial charge in [-0.05, 0) is 37.5 Å². The average molecular weight is 277 g/mol. The molecule has 1 heterocycles. The first-order chi connectivity index (χ1) is 9.42. The summed E-state index contributed by atoms with van der Waals surface area (Å²) in [7, 11) is 1.74. The third-order valence-corrected chi connectivity index (χ3v) is 3.64. The Morgan fingerprint density at radius 2 is 2.00 bits per heavy atom. The third kappa shape index (κ3) is 2.99. The number of carboxylic acid groups (broad SMARTS) is 1. The molecule has 5 nitrogen and oxygen atoms in total. The van der Waals surface area contributed by atoms with E-state index in [4.69, 9.17) is 9.84 Å². The predicted molar refractivity (Wildman–Crippen MR) is 73.5 cm³/mol. The molecule has 0 radical (unpaired) electrons. The number of aromatic carboxylic acids is 1. The zero-order valence-electron chi connectivity index (χ0n) is 11.8. The highest BCUT2D eigenvalue weighted by molar-refractivity contribution is 5.87. The number of carbonyl (C=O) groups is 2. The van der Waals surface area contributed by atoms with Gasteiger partial charge in [0, 0.05) is 20.2 Å². The van der Waals surface area contributed by atoms with E-state index < -0.39 is 11.6 Å². The number of nitrogens with zero attached hydrogens (tertiary/aromatic N) is 1. The molecule has 1 aliphatic rings. The van der Waals surface area contributed by atoms with E-state index in [1.165, 1.54) is 0 Å². The first kappa shape index (κ1) is 14.5. The molecule has 1 aromatic carbocycles. The van der Waals surface area contributed by atoms with Crippen molar-refractivity contribution in [2.75, 3.05) is 13.7 Å². The van der Waals surface area contributed by atoms with E-state index in [0.717, 1.165) is 18.4 Å². The van der Waals surface area contributed by atoms with Crippen LogP contribution in [0, 0.1) is 0 Å². The quantitative estimate of drug-likeness (QED) is 0.913. The molecule has 0 bridgehead atoms. The highest BCUT2D eigenvalue weighted by Crippen LogP contribution is 2.27. The highest BCUT2D eigenvalue weighted by atomic mass is 16.5. The van der Waals surface area contributed by atoms with Crippen LogP contribution in [0.15, 0.2) is 24.3 Å². The van der Waals surface area contributed by atoms with Gasteiger partial charge in [0.1, 0.15) is 5.60 Å². The minimum absolute atomic E-state index is 0.0303. The van der Waals surface area contributed by atoms with Gasteiger partial charge in [0.15, 0.2) is 0 Å². The second-order valence-electron chi connectivity index (χ2n) is 5.35. The summed E-state index contributed by atoms with van der Waals surface area (Å²) in [4.78, 5) is 24.8. The van der Waals surface area contributed by atoms with E-state index in [2.05, 4.69) is 0 Å². The number of rotatable bonds is 4. The molecule has 1 fully saturated rings. The van der Waals surface area contributed by atoms with Gasteiger partial charge in [0.05, 0.1) is 5.56 Å². The minimum Gasteiger partial charge on any atom is -0.478 e. The Morgan fingerprint density at radius 3 is 2.50 bits per heavy atom. The molecular weight excluding hydrogens is 258 g/mol. The van der Waals surface area contributed by atoms with E-state index in [1.807, 2.05) is 6.92 Å². The Hall–Kier alpha value is -1.88. The summed E-state index contributed by atoms with van der Waals surface area (Å²) in [5, 5.41) is 8.84. The van der Waals surface area contributed by atoms with Crippen LogP contribution in [0.3, 0.4) is 0 Å². The molecule has 0 spiro atoms. The molecule has 1 amide bonds. The van der Waals surface area contributed by atoms with Crippen LogP contribution >= 0.6 is 0 Å². The van der Waals surface area contributed by atoms with Crippen molar-refractivity contribution < 1.29 is 19.4 Å². The number of likely N-dealkylation sites (N-methyl/N-ethyl adjacent to an activating group) is 1. The van der Waals surface area contributed by atoms with Gasteiger partial charge in [-0.15, -0.1) is 0 Å². The minimum atomic E-state index is -0.951. The van der Waals surface area contributed by atoms with Crippen molar-refractivity contribution in [1.29, 1.82) is 0 Å². The second-order valence-corrected chi connectivity index (χ2v) is 5.35. The Bertz CT molecular complexity index is 503. The van der Waals surface area contributed by atoms with Crippen LogP contribution in [0.1, 0.15) is 35.7 Å². The van der Waals surface area contributed by atoms with E-state index in [9.17, 15) is 9.59 Å². The topological polar surface area (TPSA) is 66.8 Å². The molecule has 0 aromatic heterocycles. The molecule has 2 rings (SSSR count). The number of carbonyl (C=O) groups excluding carboxylic acids is 1. The molecule has 1 aliphatic heterocycles. The zero-order chi connectivity index (χ0) is 14.8. The number of ether oxygens (including phenoxy) is 1. The summed E-state index contributed by atoms with van der Waals surface area (Å²) in [5.41, 5.74) is 0.428. The van der Waals surface area contributed by atoms with Crippen LogP contribution in [-0.4, -0.2) is 41.1 Å². The first-order valence-corrected chi connectivity index (χ1v) is 6.64. The lowest BCUT2D eigenvalue weighted by Crippen LogP contribution is -2.44. The van der Waals surface area contributed by atoms with Crippen molar-refractivity contribution in [3.63, 3.8) is 0 Å². The molecule has 0 aliphatic carbocycles. The fraction of sp³-hybridized carbons (Fsp3) is 0.467. The molecule has 1 atom stereocenters. The van der Waals surface area contributed by atoms with E-state index in [0.29, 0.717) is 13.2 Å². The molecule has 1 N–H and O–H groups in total. The Kier molecular flexibility index (Phi) is 4.09. The van der Waals surface area contributed by atoms with Crippen molar-refractivity contribution in [1.82, 2.24) is 4.90 Å².